The summed E-state index contributed by atoms with van der Waals surface area (Å²) < 4.78 is 12.6. The molecule has 1 aromatic rings. The summed E-state index contributed by atoms with van der Waals surface area (Å²) in [5.74, 6) is -0.161. The number of halogens is 2. The van der Waals surface area contributed by atoms with Gasteiger partial charge in [-0.25, -0.2) is 4.39 Å². The smallest absolute Gasteiger partial charge is 0.123 e. The summed E-state index contributed by atoms with van der Waals surface area (Å²) >= 11 is 3.44. The molecule has 1 heterocycles. The molecule has 1 fully saturated rings. The van der Waals surface area contributed by atoms with Crippen molar-refractivity contribution in [3.05, 3.63) is 35.6 Å². The Balaban J connectivity index is 1.92. The van der Waals surface area contributed by atoms with Gasteiger partial charge in [0.25, 0.3) is 0 Å². The van der Waals surface area contributed by atoms with Crippen molar-refractivity contribution in [3.8, 4) is 0 Å². The summed E-state index contributed by atoms with van der Waals surface area (Å²) in [6.07, 6.45) is 0. The van der Waals surface area contributed by atoms with E-state index in [1.54, 1.807) is 0 Å². The minimum absolute atomic E-state index is 0.161. The zero-order valence-electron chi connectivity index (χ0n) is 7.21. The largest absolute Gasteiger partial charge is 0.292 e. The highest BCUT2D eigenvalue weighted by Gasteiger charge is 2.31. The number of rotatable bonds is 3. The van der Waals surface area contributed by atoms with Crippen LogP contribution in [0.25, 0.3) is 0 Å². The second-order valence-electron chi connectivity index (χ2n) is 3.36. The van der Waals surface area contributed by atoms with E-state index < -0.39 is 0 Å². The van der Waals surface area contributed by atoms with E-state index in [1.165, 1.54) is 17.7 Å². The fraction of sp³-hybridized carbons (Fsp3) is 0.400. The number of benzene rings is 1. The lowest BCUT2D eigenvalue weighted by Crippen LogP contribution is -2.02. The molecular formula is C10H11BrFN. The molecule has 1 aromatic carbocycles. The van der Waals surface area contributed by atoms with E-state index in [1.807, 2.05) is 12.1 Å². The lowest BCUT2D eigenvalue weighted by Gasteiger charge is -2.02. The fourth-order valence-electron chi connectivity index (χ4n) is 1.39. The van der Waals surface area contributed by atoms with Crippen molar-refractivity contribution in [3.63, 3.8) is 0 Å². The molecular weight excluding hydrogens is 233 g/mol. The van der Waals surface area contributed by atoms with Crippen LogP contribution in [0.3, 0.4) is 0 Å². The normalized spacial score (nSPS) is 26.0. The fourth-order valence-corrected chi connectivity index (χ4v) is 2.00. The molecule has 0 amide bonds. The molecule has 1 saturated heterocycles. The van der Waals surface area contributed by atoms with Crippen LogP contribution >= 0.6 is 15.9 Å². The van der Waals surface area contributed by atoms with Gasteiger partial charge in [-0.15, -0.1) is 0 Å². The maximum absolute atomic E-state index is 12.6. The molecule has 1 unspecified atom stereocenters. The van der Waals surface area contributed by atoms with Crippen LogP contribution < -0.4 is 0 Å². The topological polar surface area (TPSA) is 3.01 Å². The SMILES string of the molecule is Fc1ccc(CN2C[C@@H]2CBr)cc1. The van der Waals surface area contributed by atoms with E-state index in [-0.39, 0.29) is 5.82 Å². The van der Waals surface area contributed by atoms with Crippen molar-refractivity contribution < 1.29 is 4.39 Å². The molecule has 1 nitrogen and oxygen atoms in total. The van der Waals surface area contributed by atoms with Crippen LogP contribution in [-0.2, 0) is 6.54 Å². The van der Waals surface area contributed by atoms with Crippen LogP contribution in [0.2, 0.25) is 0 Å². The molecule has 13 heavy (non-hydrogen) atoms. The number of nitrogens with zero attached hydrogens (tertiary/aromatic N) is 1. The van der Waals surface area contributed by atoms with E-state index >= 15 is 0 Å². The van der Waals surface area contributed by atoms with Crippen LogP contribution in [0.15, 0.2) is 24.3 Å². The lowest BCUT2D eigenvalue weighted by molar-refractivity contribution is 0.517. The summed E-state index contributed by atoms with van der Waals surface area (Å²) in [5, 5.41) is 1.04. The lowest BCUT2D eigenvalue weighted by atomic mass is 10.2. The summed E-state index contributed by atoms with van der Waals surface area (Å²) in [6, 6.07) is 7.41. The Morgan fingerprint density at radius 3 is 2.62 bits per heavy atom. The Bertz CT molecular complexity index is 285. The van der Waals surface area contributed by atoms with Crippen LogP contribution in [-0.4, -0.2) is 22.8 Å². The second-order valence-corrected chi connectivity index (χ2v) is 4.01. The Morgan fingerprint density at radius 2 is 2.08 bits per heavy atom. The molecule has 70 valence electrons. The van der Waals surface area contributed by atoms with Crippen LogP contribution in [0.4, 0.5) is 4.39 Å². The number of hydrogen-bond donors (Lipinski definition) is 0. The van der Waals surface area contributed by atoms with Gasteiger partial charge in [0.05, 0.1) is 0 Å². The summed E-state index contributed by atoms with van der Waals surface area (Å²) in [6.45, 7) is 2.10. The van der Waals surface area contributed by atoms with Crippen molar-refractivity contribution in [2.24, 2.45) is 0 Å². The first-order chi connectivity index (χ1) is 6.29. The zero-order chi connectivity index (χ0) is 9.26. The molecule has 3 heteroatoms. The van der Waals surface area contributed by atoms with Gasteiger partial charge in [0.1, 0.15) is 5.82 Å². The molecule has 1 aliphatic rings. The Kier molecular flexibility index (Phi) is 2.65. The molecule has 1 aliphatic heterocycles. The number of hydrogen-bond acceptors (Lipinski definition) is 1. The third-order valence-corrected chi connectivity index (χ3v) is 3.05. The van der Waals surface area contributed by atoms with Crippen molar-refractivity contribution in [2.75, 3.05) is 11.9 Å². The summed E-state index contributed by atoms with van der Waals surface area (Å²) in [7, 11) is 0. The Hall–Kier alpha value is -0.410. The molecule has 0 aromatic heterocycles. The average molecular weight is 244 g/mol. The van der Waals surface area contributed by atoms with Gasteiger partial charge in [0.2, 0.25) is 0 Å². The second kappa shape index (κ2) is 3.76. The molecule has 0 bridgehead atoms. The molecule has 0 spiro atoms. The van der Waals surface area contributed by atoms with E-state index in [0.717, 1.165) is 18.4 Å². The monoisotopic (exact) mass is 243 g/mol. The third kappa shape index (κ3) is 2.29. The molecule has 0 aliphatic carbocycles. The van der Waals surface area contributed by atoms with E-state index in [0.29, 0.717) is 6.04 Å². The number of alkyl halides is 1. The quantitative estimate of drug-likeness (QED) is 0.582. The maximum atomic E-state index is 12.6. The summed E-state index contributed by atoms with van der Waals surface area (Å²) in [4.78, 5) is 2.35. The molecule has 2 atom stereocenters. The zero-order valence-corrected chi connectivity index (χ0v) is 8.80. The predicted molar refractivity (Wildman–Crippen MR) is 54.4 cm³/mol. The van der Waals surface area contributed by atoms with Gasteiger partial charge in [-0.2, -0.15) is 0 Å². The first kappa shape index (κ1) is 9.16. The van der Waals surface area contributed by atoms with Crippen molar-refractivity contribution in [1.29, 1.82) is 0 Å². The van der Waals surface area contributed by atoms with Gasteiger partial charge in [-0.3, -0.25) is 4.90 Å². The van der Waals surface area contributed by atoms with Gasteiger partial charge < -0.3 is 0 Å². The molecule has 0 radical (unpaired) electrons. The maximum Gasteiger partial charge on any atom is 0.123 e. The van der Waals surface area contributed by atoms with E-state index in [4.69, 9.17) is 0 Å². The molecule has 2 rings (SSSR count). The highest BCUT2D eigenvalue weighted by atomic mass is 79.9. The van der Waals surface area contributed by atoms with Crippen LogP contribution in [0, 0.1) is 5.82 Å². The van der Waals surface area contributed by atoms with E-state index in [9.17, 15) is 4.39 Å². The molecule has 0 N–H and O–H groups in total. The first-order valence-electron chi connectivity index (χ1n) is 4.34. The van der Waals surface area contributed by atoms with E-state index in [2.05, 4.69) is 20.8 Å². The third-order valence-electron chi connectivity index (χ3n) is 2.31. The van der Waals surface area contributed by atoms with Crippen molar-refractivity contribution in [1.82, 2.24) is 4.90 Å². The Labute approximate surface area is 85.7 Å². The highest BCUT2D eigenvalue weighted by Crippen LogP contribution is 2.22. The van der Waals surface area contributed by atoms with Crippen LogP contribution in [0.1, 0.15) is 5.56 Å². The van der Waals surface area contributed by atoms with Crippen molar-refractivity contribution in [2.45, 2.75) is 12.6 Å². The minimum Gasteiger partial charge on any atom is -0.292 e. The average Bonchev–Trinajstić information content (AvgIpc) is 2.88. The predicted octanol–water partition coefficient (Wildman–Crippen LogP) is 2.40. The highest BCUT2D eigenvalue weighted by molar-refractivity contribution is 9.09. The van der Waals surface area contributed by atoms with Gasteiger partial charge >= 0.3 is 0 Å². The van der Waals surface area contributed by atoms with Gasteiger partial charge in [0, 0.05) is 24.5 Å². The van der Waals surface area contributed by atoms with Crippen LogP contribution in [0.5, 0.6) is 0 Å². The van der Waals surface area contributed by atoms with Gasteiger partial charge in [-0.1, -0.05) is 28.1 Å². The summed E-state index contributed by atoms with van der Waals surface area (Å²) in [5.41, 5.74) is 1.19. The first-order valence-corrected chi connectivity index (χ1v) is 5.46. The van der Waals surface area contributed by atoms with Gasteiger partial charge in [0.15, 0.2) is 0 Å². The Morgan fingerprint density at radius 1 is 1.38 bits per heavy atom. The standard InChI is InChI=1S/C10H11BrFN/c11-5-10-7-13(10)6-8-1-3-9(12)4-2-8/h1-4,10H,5-7H2/t10-,13?/m0/s1. The van der Waals surface area contributed by atoms with Gasteiger partial charge in [-0.05, 0) is 17.7 Å². The van der Waals surface area contributed by atoms with Crippen molar-refractivity contribution >= 4 is 15.9 Å². The minimum atomic E-state index is -0.161. The molecule has 0 saturated carbocycles.